The smallest absolute Gasteiger partial charge is 0.339 e. The van der Waals surface area contributed by atoms with Crippen molar-refractivity contribution in [2.75, 3.05) is 0 Å². The zero-order valence-corrected chi connectivity index (χ0v) is 7.44. The number of aryl methyl sites for hydroxylation is 1. The number of aromatic carboxylic acids is 1. The first-order valence-corrected chi connectivity index (χ1v) is 4.01. The number of nitrogens with one attached hydrogen (secondary N) is 1. The van der Waals surface area contributed by atoms with Gasteiger partial charge in [-0.3, -0.25) is 5.10 Å². The van der Waals surface area contributed by atoms with Gasteiger partial charge in [0.1, 0.15) is 11.3 Å². The molecule has 0 saturated heterocycles. The second-order valence-electron chi connectivity index (χ2n) is 2.89. The SMILES string of the molecule is Cc1[nH]nc(-c2ccoc2)c1C(=O)O. The van der Waals surface area contributed by atoms with Crippen molar-refractivity contribution in [3.8, 4) is 11.3 Å². The summed E-state index contributed by atoms with van der Waals surface area (Å²) in [6.07, 6.45) is 2.94. The number of carbonyl (C=O) groups is 1. The minimum atomic E-state index is -0.993. The molecule has 2 aromatic rings. The van der Waals surface area contributed by atoms with Crippen LogP contribution in [-0.4, -0.2) is 21.3 Å². The highest BCUT2D eigenvalue weighted by atomic mass is 16.4. The lowest BCUT2D eigenvalue weighted by Gasteiger charge is -1.93. The third kappa shape index (κ3) is 1.19. The van der Waals surface area contributed by atoms with Crippen molar-refractivity contribution in [1.29, 1.82) is 0 Å². The number of carboxylic acid groups (broad SMARTS) is 1. The van der Waals surface area contributed by atoms with E-state index in [1.807, 2.05) is 0 Å². The van der Waals surface area contributed by atoms with Gasteiger partial charge in [0.2, 0.25) is 0 Å². The maximum absolute atomic E-state index is 10.9. The van der Waals surface area contributed by atoms with E-state index in [1.54, 1.807) is 13.0 Å². The number of hydrogen-bond acceptors (Lipinski definition) is 3. The Bertz CT molecular complexity index is 456. The number of H-pyrrole nitrogens is 1. The Morgan fingerprint density at radius 1 is 1.64 bits per heavy atom. The van der Waals surface area contributed by atoms with Crippen molar-refractivity contribution >= 4 is 5.97 Å². The van der Waals surface area contributed by atoms with Gasteiger partial charge in [-0.05, 0) is 13.0 Å². The third-order valence-electron chi connectivity index (χ3n) is 1.96. The molecule has 72 valence electrons. The number of nitrogens with zero attached hydrogens (tertiary/aromatic N) is 1. The highest BCUT2D eigenvalue weighted by molar-refractivity contribution is 5.95. The van der Waals surface area contributed by atoms with Gasteiger partial charge in [0.25, 0.3) is 0 Å². The fraction of sp³-hybridized carbons (Fsp3) is 0.111. The molecule has 14 heavy (non-hydrogen) atoms. The minimum absolute atomic E-state index is 0.186. The third-order valence-corrected chi connectivity index (χ3v) is 1.96. The first-order chi connectivity index (χ1) is 6.70. The molecule has 0 spiro atoms. The summed E-state index contributed by atoms with van der Waals surface area (Å²) in [6.45, 7) is 1.67. The van der Waals surface area contributed by atoms with Crippen molar-refractivity contribution in [3.63, 3.8) is 0 Å². The molecule has 0 atom stereocenters. The molecule has 0 amide bonds. The van der Waals surface area contributed by atoms with Crippen molar-refractivity contribution < 1.29 is 14.3 Å². The van der Waals surface area contributed by atoms with E-state index in [2.05, 4.69) is 10.2 Å². The van der Waals surface area contributed by atoms with Crippen LogP contribution in [0.5, 0.6) is 0 Å². The Morgan fingerprint density at radius 3 is 3.00 bits per heavy atom. The number of aromatic amines is 1. The van der Waals surface area contributed by atoms with Crippen molar-refractivity contribution in [2.45, 2.75) is 6.92 Å². The zero-order chi connectivity index (χ0) is 10.1. The van der Waals surface area contributed by atoms with Gasteiger partial charge in [-0.15, -0.1) is 0 Å². The predicted molar refractivity (Wildman–Crippen MR) is 48.0 cm³/mol. The quantitative estimate of drug-likeness (QED) is 0.758. The van der Waals surface area contributed by atoms with Gasteiger partial charge < -0.3 is 9.52 Å². The zero-order valence-electron chi connectivity index (χ0n) is 7.44. The molecule has 2 rings (SSSR count). The van der Waals surface area contributed by atoms with Crippen LogP contribution in [0.2, 0.25) is 0 Å². The van der Waals surface area contributed by atoms with Gasteiger partial charge in [0, 0.05) is 11.3 Å². The molecule has 0 aliphatic rings. The van der Waals surface area contributed by atoms with Gasteiger partial charge in [-0.2, -0.15) is 5.10 Å². The van der Waals surface area contributed by atoms with E-state index in [1.165, 1.54) is 12.5 Å². The molecule has 5 nitrogen and oxygen atoms in total. The summed E-state index contributed by atoms with van der Waals surface area (Å²) in [5.41, 5.74) is 1.79. The molecule has 5 heteroatoms. The Kier molecular flexibility index (Phi) is 1.85. The predicted octanol–water partition coefficient (Wildman–Crippen LogP) is 1.68. The van der Waals surface area contributed by atoms with Crippen LogP contribution in [-0.2, 0) is 0 Å². The molecule has 0 aromatic carbocycles. The molecule has 0 bridgehead atoms. The molecule has 0 radical (unpaired) electrons. The summed E-state index contributed by atoms with van der Waals surface area (Å²) in [4.78, 5) is 10.9. The maximum Gasteiger partial charge on any atom is 0.339 e. The molecule has 2 heterocycles. The van der Waals surface area contributed by atoms with E-state index in [4.69, 9.17) is 9.52 Å². The van der Waals surface area contributed by atoms with Crippen LogP contribution in [0.1, 0.15) is 16.1 Å². The molecule has 0 unspecified atom stereocenters. The lowest BCUT2D eigenvalue weighted by atomic mass is 10.1. The standard InChI is InChI=1S/C9H8N2O3/c1-5-7(9(12)13)8(11-10-5)6-2-3-14-4-6/h2-4H,1H3,(H,10,11)(H,12,13). The van der Waals surface area contributed by atoms with E-state index >= 15 is 0 Å². The van der Waals surface area contributed by atoms with Crippen LogP contribution in [0, 0.1) is 6.92 Å². The van der Waals surface area contributed by atoms with Gasteiger partial charge >= 0.3 is 5.97 Å². The Balaban J connectivity index is 2.60. The van der Waals surface area contributed by atoms with Crippen LogP contribution in [0.25, 0.3) is 11.3 Å². The minimum Gasteiger partial charge on any atom is -0.478 e. The van der Waals surface area contributed by atoms with E-state index < -0.39 is 5.97 Å². The molecule has 2 aromatic heterocycles. The Morgan fingerprint density at radius 2 is 2.43 bits per heavy atom. The largest absolute Gasteiger partial charge is 0.478 e. The summed E-state index contributed by atoms with van der Waals surface area (Å²) < 4.78 is 4.87. The Hall–Kier alpha value is -2.04. The molecular formula is C9H8N2O3. The monoisotopic (exact) mass is 192 g/mol. The second-order valence-corrected chi connectivity index (χ2v) is 2.89. The first-order valence-electron chi connectivity index (χ1n) is 4.01. The van der Waals surface area contributed by atoms with Crippen LogP contribution in [0.3, 0.4) is 0 Å². The number of hydrogen-bond donors (Lipinski definition) is 2. The fourth-order valence-electron chi connectivity index (χ4n) is 1.30. The van der Waals surface area contributed by atoms with Crippen molar-refractivity contribution in [3.05, 3.63) is 29.9 Å². The highest BCUT2D eigenvalue weighted by Gasteiger charge is 2.18. The van der Waals surface area contributed by atoms with Crippen LogP contribution >= 0.6 is 0 Å². The van der Waals surface area contributed by atoms with E-state index in [0.717, 1.165) is 0 Å². The summed E-state index contributed by atoms with van der Waals surface area (Å²) in [7, 11) is 0. The summed E-state index contributed by atoms with van der Waals surface area (Å²) in [5, 5.41) is 15.5. The van der Waals surface area contributed by atoms with Gasteiger partial charge in [-0.1, -0.05) is 0 Å². The lowest BCUT2D eigenvalue weighted by molar-refractivity contribution is 0.0697. The molecular weight excluding hydrogens is 184 g/mol. The van der Waals surface area contributed by atoms with E-state index in [-0.39, 0.29) is 5.56 Å². The number of furan rings is 1. The lowest BCUT2D eigenvalue weighted by Crippen LogP contribution is -1.98. The molecule has 0 aliphatic heterocycles. The molecule has 0 fully saturated rings. The van der Waals surface area contributed by atoms with E-state index in [9.17, 15) is 4.79 Å². The number of rotatable bonds is 2. The summed E-state index contributed by atoms with van der Waals surface area (Å²) in [6, 6.07) is 1.67. The Labute approximate surface area is 79.4 Å². The van der Waals surface area contributed by atoms with Crippen molar-refractivity contribution in [2.24, 2.45) is 0 Å². The van der Waals surface area contributed by atoms with Crippen molar-refractivity contribution in [1.82, 2.24) is 10.2 Å². The highest BCUT2D eigenvalue weighted by Crippen LogP contribution is 2.23. The average molecular weight is 192 g/mol. The number of carboxylic acids is 1. The maximum atomic E-state index is 10.9. The van der Waals surface area contributed by atoms with Gasteiger partial charge in [0.15, 0.2) is 0 Å². The van der Waals surface area contributed by atoms with E-state index in [0.29, 0.717) is 17.0 Å². The second kappa shape index (κ2) is 3.02. The van der Waals surface area contributed by atoms with Gasteiger partial charge in [-0.25, -0.2) is 4.79 Å². The summed E-state index contributed by atoms with van der Waals surface area (Å²) in [5.74, 6) is -0.993. The normalized spacial score (nSPS) is 10.4. The number of aromatic nitrogens is 2. The molecule has 2 N–H and O–H groups in total. The topological polar surface area (TPSA) is 79.1 Å². The van der Waals surface area contributed by atoms with Gasteiger partial charge in [0.05, 0.1) is 12.5 Å². The first kappa shape index (κ1) is 8.55. The summed E-state index contributed by atoms with van der Waals surface area (Å²) >= 11 is 0. The molecule has 0 saturated carbocycles. The van der Waals surface area contributed by atoms with Crippen LogP contribution in [0.15, 0.2) is 23.0 Å². The fourth-order valence-corrected chi connectivity index (χ4v) is 1.30. The molecule has 0 aliphatic carbocycles. The van der Waals surface area contributed by atoms with Crippen LogP contribution < -0.4 is 0 Å². The van der Waals surface area contributed by atoms with Crippen LogP contribution in [0.4, 0.5) is 0 Å². The average Bonchev–Trinajstić information content (AvgIpc) is 2.70.